The molecule has 0 heterocycles. The first-order valence-electron chi connectivity index (χ1n) is 5.37. The van der Waals surface area contributed by atoms with E-state index in [1.165, 1.54) is 36.4 Å². The van der Waals surface area contributed by atoms with Gasteiger partial charge in [-0.05, 0) is 24.3 Å². The number of nitro groups is 1. The molecule has 0 saturated carbocycles. The average molecular weight is 312 g/mol. The number of benzene rings is 2. The fourth-order valence-corrected chi connectivity index (χ4v) is 2.30. The summed E-state index contributed by atoms with van der Waals surface area (Å²) in [4.78, 5) is 22.2. The van der Waals surface area contributed by atoms with E-state index in [0.717, 1.165) is 0 Å². The SMILES string of the molecule is O=C(c1ccc([N+](=O)[O-])cc1)c1c(Cl)cc(O)cc1Cl. The third-order valence-electron chi connectivity index (χ3n) is 2.59. The molecule has 0 spiro atoms. The summed E-state index contributed by atoms with van der Waals surface area (Å²) in [5.74, 6) is -0.629. The monoisotopic (exact) mass is 311 g/mol. The van der Waals surface area contributed by atoms with Gasteiger partial charge in [-0.3, -0.25) is 14.9 Å². The van der Waals surface area contributed by atoms with Crippen LogP contribution in [-0.2, 0) is 0 Å². The number of nitro benzene ring substituents is 1. The summed E-state index contributed by atoms with van der Waals surface area (Å²) in [5.41, 5.74) is 0.134. The predicted octanol–water partition coefficient (Wildman–Crippen LogP) is 3.84. The van der Waals surface area contributed by atoms with E-state index < -0.39 is 10.7 Å². The van der Waals surface area contributed by atoms with Gasteiger partial charge < -0.3 is 5.11 Å². The van der Waals surface area contributed by atoms with Crippen LogP contribution in [0.4, 0.5) is 5.69 Å². The predicted molar refractivity (Wildman–Crippen MR) is 74.7 cm³/mol. The molecule has 5 nitrogen and oxygen atoms in total. The minimum atomic E-state index is -0.561. The summed E-state index contributed by atoms with van der Waals surface area (Å²) in [5, 5.41) is 19.9. The van der Waals surface area contributed by atoms with Gasteiger partial charge in [-0.25, -0.2) is 0 Å². The van der Waals surface area contributed by atoms with E-state index in [0.29, 0.717) is 0 Å². The van der Waals surface area contributed by atoms with E-state index in [9.17, 15) is 20.0 Å². The van der Waals surface area contributed by atoms with Crippen molar-refractivity contribution in [3.8, 4) is 5.75 Å². The van der Waals surface area contributed by atoms with Gasteiger partial charge in [-0.1, -0.05) is 23.2 Å². The minimum Gasteiger partial charge on any atom is -0.508 e. The molecule has 0 aromatic heterocycles. The summed E-state index contributed by atoms with van der Waals surface area (Å²) >= 11 is 11.8. The van der Waals surface area contributed by atoms with Gasteiger partial charge in [0.2, 0.25) is 0 Å². The molecule has 20 heavy (non-hydrogen) atoms. The van der Waals surface area contributed by atoms with E-state index >= 15 is 0 Å². The Morgan fingerprint density at radius 3 is 2.05 bits per heavy atom. The third-order valence-corrected chi connectivity index (χ3v) is 3.19. The smallest absolute Gasteiger partial charge is 0.269 e. The molecular formula is C13H7Cl2NO4. The highest BCUT2D eigenvalue weighted by molar-refractivity contribution is 6.41. The molecule has 0 amide bonds. The Labute approximate surface area is 123 Å². The zero-order chi connectivity index (χ0) is 14.9. The number of hydrogen-bond donors (Lipinski definition) is 1. The molecule has 0 aliphatic carbocycles. The van der Waals surface area contributed by atoms with Crippen molar-refractivity contribution in [2.24, 2.45) is 0 Å². The molecule has 2 aromatic rings. The Hall–Kier alpha value is -2.11. The summed E-state index contributed by atoms with van der Waals surface area (Å²) in [6.45, 7) is 0. The third kappa shape index (κ3) is 2.74. The van der Waals surface area contributed by atoms with Crippen molar-refractivity contribution in [1.29, 1.82) is 0 Å². The van der Waals surface area contributed by atoms with Crippen molar-refractivity contribution in [2.75, 3.05) is 0 Å². The Morgan fingerprint density at radius 2 is 1.60 bits per heavy atom. The van der Waals surface area contributed by atoms with Crippen molar-refractivity contribution in [1.82, 2.24) is 0 Å². The lowest BCUT2D eigenvalue weighted by atomic mass is 10.0. The maximum Gasteiger partial charge on any atom is 0.269 e. The van der Waals surface area contributed by atoms with E-state index in [1.54, 1.807) is 0 Å². The molecule has 0 saturated heterocycles. The molecule has 0 aliphatic rings. The first kappa shape index (κ1) is 14.3. The maximum absolute atomic E-state index is 12.3. The van der Waals surface area contributed by atoms with Crippen molar-refractivity contribution < 1.29 is 14.8 Å². The summed E-state index contributed by atoms with van der Waals surface area (Å²) in [6, 6.07) is 7.48. The van der Waals surface area contributed by atoms with Crippen molar-refractivity contribution in [2.45, 2.75) is 0 Å². The number of rotatable bonds is 3. The standard InChI is InChI=1S/C13H7Cl2NO4/c14-10-5-9(17)6-11(15)12(10)13(18)7-1-3-8(4-2-7)16(19)20/h1-6,17H. The number of ketones is 1. The van der Waals surface area contributed by atoms with Crippen molar-refractivity contribution in [3.63, 3.8) is 0 Å². The van der Waals surface area contributed by atoms with Gasteiger partial charge in [0, 0.05) is 17.7 Å². The van der Waals surface area contributed by atoms with Crippen molar-refractivity contribution >= 4 is 34.7 Å². The number of hydrogen-bond acceptors (Lipinski definition) is 4. The van der Waals surface area contributed by atoms with Gasteiger partial charge in [0.25, 0.3) is 5.69 Å². The van der Waals surface area contributed by atoms with Crippen LogP contribution in [0.15, 0.2) is 36.4 Å². The number of aromatic hydroxyl groups is 1. The van der Waals surface area contributed by atoms with Crippen LogP contribution in [0.3, 0.4) is 0 Å². The van der Waals surface area contributed by atoms with Crippen LogP contribution in [0.25, 0.3) is 0 Å². The fourth-order valence-electron chi connectivity index (χ4n) is 1.66. The zero-order valence-corrected chi connectivity index (χ0v) is 11.4. The Balaban J connectivity index is 2.44. The van der Waals surface area contributed by atoms with Crippen LogP contribution in [0.2, 0.25) is 10.0 Å². The Morgan fingerprint density at radius 1 is 1.10 bits per heavy atom. The second-order valence-electron chi connectivity index (χ2n) is 3.92. The van der Waals surface area contributed by atoms with E-state index in [4.69, 9.17) is 23.2 Å². The van der Waals surface area contributed by atoms with E-state index in [-0.39, 0.29) is 32.6 Å². The Bertz CT molecular complexity index is 675. The molecule has 0 fully saturated rings. The first-order chi connectivity index (χ1) is 9.40. The lowest BCUT2D eigenvalue weighted by molar-refractivity contribution is -0.384. The molecule has 2 rings (SSSR count). The quantitative estimate of drug-likeness (QED) is 0.530. The largest absolute Gasteiger partial charge is 0.508 e. The summed E-state index contributed by atoms with van der Waals surface area (Å²) in [6.07, 6.45) is 0. The van der Waals surface area contributed by atoms with Crippen LogP contribution in [0.1, 0.15) is 15.9 Å². The number of phenols is 1. The average Bonchev–Trinajstić information content (AvgIpc) is 2.37. The number of phenolic OH excluding ortho intramolecular Hbond substituents is 1. The van der Waals surface area contributed by atoms with Gasteiger partial charge in [-0.2, -0.15) is 0 Å². The maximum atomic E-state index is 12.3. The van der Waals surface area contributed by atoms with Gasteiger partial charge in [0.05, 0.1) is 20.5 Å². The van der Waals surface area contributed by atoms with Gasteiger partial charge in [0.1, 0.15) is 5.75 Å². The molecule has 0 bridgehead atoms. The molecule has 2 aromatic carbocycles. The van der Waals surface area contributed by atoms with Crippen molar-refractivity contribution in [3.05, 3.63) is 67.7 Å². The first-order valence-corrected chi connectivity index (χ1v) is 6.13. The van der Waals surface area contributed by atoms with Crippen LogP contribution in [0.5, 0.6) is 5.75 Å². The Kier molecular flexibility index (Phi) is 3.92. The molecule has 7 heteroatoms. The van der Waals surface area contributed by atoms with Crippen LogP contribution in [-0.4, -0.2) is 15.8 Å². The molecule has 102 valence electrons. The van der Waals surface area contributed by atoms with Crippen LogP contribution in [0, 0.1) is 10.1 Å². The summed E-state index contributed by atoms with van der Waals surface area (Å²) in [7, 11) is 0. The van der Waals surface area contributed by atoms with E-state index in [2.05, 4.69) is 0 Å². The number of halogens is 2. The molecule has 0 atom stereocenters. The molecule has 0 unspecified atom stereocenters. The lowest BCUT2D eigenvalue weighted by Crippen LogP contribution is -2.03. The zero-order valence-electron chi connectivity index (χ0n) is 9.84. The number of carbonyl (C=O) groups excluding carboxylic acids is 1. The van der Waals surface area contributed by atoms with Gasteiger partial charge in [0.15, 0.2) is 5.78 Å². The second-order valence-corrected chi connectivity index (χ2v) is 4.73. The highest BCUT2D eigenvalue weighted by atomic mass is 35.5. The fraction of sp³-hybridized carbons (Fsp3) is 0. The number of non-ortho nitro benzene ring substituents is 1. The van der Waals surface area contributed by atoms with Crippen LogP contribution >= 0.6 is 23.2 Å². The van der Waals surface area contributed by atoms with Gasteiger partial charge >= 0.3 is 0 Å². The second kappa shape index (κ2) is 5.48. The van der Waals surface area contributed by atoms with E-state index in [1.807, 2.05) is 0 Å². The lowest BCUT2D eigenvalue weighted by Gasteiger charge is -2.07. The molecular weight excluding hydrogens is 305 g/mol. The highest BCUT2D eigenvalue weighted by Gasteiger charge is 2.18. The number of carbonyl (C=O) groups is 1. The highest BCUT2D eigenvalue weighted by Crippen LogP contribution is 2.31. The van der Waals surface area contributed by atoms with Gasteiger partial charge in [-0.15, -0.1) is 0 Å². The normalized spacial score (nSPS) is 10.3. The summed E-state index contributed by atoms with van der Waals surface area (Å²) < 4.78 is 0. The molecule has 1 N–H and O–H groups in total. The number of nitrogens with zero attached hydrogens (tertiary/aromatic N) is 1. The molecule has 0 radical (unpaired) electrons. The molecule has 0 aliphatic heterocycles. The topological polar surface area (TPSA) is 80.4 Å². The minimum absolute atomic E-state index is 0.0124. The van der Waals surface area contributed by atoms with Crippen LogP contribution < -0.4 is 0 Å².